The van der Waals surface area contributed by atoms with E-state index in [1.54, 1.807) is 0 Å². The van der Waals surface area contributed by atoms with Crippen LogP contribution in [0.15, 0.2) is 6.33 Å². The lowest BCUT2D eigenvalue weighted by molar-refractivity contribution is -0.383. The van der Waals surface area contributed by atoms with Crippen molar-refractivity contribution in [2.45, 2.75) is 32.7 Å². The lowest BCUT2D eigenvalue weighted by Gasteiger charge is -2.24. The van der Waals surface area contributed by atoms with Crippen LogP contribution in [0, 0.1) is 10.1 Å². The van der Waals surface area contributed by atoms with E-state index < -0.39 is 4.92 Å². The van der Waals surface area contributed by atoms with Gasteiger partial charge in [-0.3, -0.25) is 10.1 Å². The minimum absolute atomic E-state index is 0.130. The molecule has 7 nitrogen and oxygen atoms in total. The normalized spacial score (nSPS) is 11.2. The zero-order valence-corrected chi connectivity index (χ0v) is 9.52. The van der Waals surface area contributed by atoms with Gasteiger partial charge in [0.2, 0.25) is 11.6 Å². The molecule has 0 aliphatic carbocycles. The quantitative estimate of drug-likeness (QED) is 0.594. The maximum Gasteiger partial charge on any atom is 0.353 e. The fourth-order valence-corrected chi connectivity index (χ4v) is 1.07. The highest BCUT2D eigenvalue weighted by atomic mass is 16.6. The lowest BCUT2D eigenvalue weighted by atomic mass is 10.0. The SMILES string of the molecule is CCC(C)(C)Nc1ncnc(N)c1[N+](=O)[O-]. The van der Waals surface area contributed by atoms with E-state index in [2.05, 4.69) is 15.3 Å². The van der Waals surface area contributed by atoms with Crippen molar-refractivity contribution in [1.29, 1.82) is 0 Å². The van der Waals surface area contributed by atoms with Gasteiger partial charge >= 0.3 is 5.69 Å². The van der Waals surface area contributed by atoms with Gasteiger partial charge in [-0.05, 0) is 20.3 Å². The summed E-state index contributed by atoms with van der Waals surface area (Å²) in [6.45, 7) is 5.83. The van der Waals surface area contributed by atoms with Crippen LogP contribution in [-0.2, 0) is 0 Å². The molecule has 0 amide bonds. The maximum absolute atomic E-state index is 10.8. The van der Waals surface area contributed by atoms with E-state index in [1.165, 1.54) is 6.33 Å². The first-order chi connectivity index (χ1) is 7.37. The number of nitrogen functional groups attached to an aromatic ring is 1. The van der Waals surface area contributed by atoms with Gasteiger partial charge < -0.3 is 11.1 Å². The van der Waals surface area contributed by atoms with Crippen molar-refractivity contribution in [2.24, 2.45) is 0 Å². The van der Waals surface area contributed by atoms with Crippen molar-refractivity contribution in [3.05, 3.63) is 16.4 Å². The van der Waals surface area contributed by atoms with Gasteiger partial charge in [-0.15, -0.1) is 0 Å². The van der Waals surface area contributed by atoms with E-state index in [0.29, 0.717) is 0 Å². The van der Waals surface area contributed by atoms with Crippen LogP contribution in [0.3, 0.4) is 0 Å². The largest absolute Gasteiger partial charge is 0.378 e. The molecule has 0 fully saturated rings. The van der Waals surface area contributed by atoms with Crippen molar-refractivity contribution in [3.63, 3.8) is 0 Å². The van der Waals surface area contributed by atoms with E-state index in [4.69, 9.17) is 5.73 Å². The minimum atomic E-state index is -0.580. The van der Waals surface area contributed by atoms with Gasteiger partial charge in [0.1, 0.15) is 6.33 Å². The molecule has 0 spiro atoms. The Hall–Kier alpha value is -1.92. The summed E-state index contributed by atoms with van der Waals surface area (Å²) >= 11 is 0. The van der Waals surface area contributed by atoms with Crippen molar-refractivity contribution in [3.8, 4) is 0 Å². The Balaban J connectivity index is 3.14. The molecule has 0 atom stereocenters. The van der Waals surface area contributed by atoms with Gasteiger partial charge in [0.15, 0.2) is 0 Å². The molecule has 0 aromatic carbocycles. The predicted molar refractivity (Wildman–Crippen MR) is 61.1 cm³/mol. The summed E-state index contributed by atoms with van der Waals surface area (Å²) in [5.74, 6) is 0.0266. The molecular formula is C9H15N5O2. The monoisotopic (exact) mass is 225 g/mol. The first kappa shape index (κ1) is 12.2. The molecule has 1 rings (SSSR count). The third kappa shape index (κ3) is 2.56. The Kier molecular flexibility index (Phi) is 3.26. The number of nitrogens with zero attached hydrogens (tertiary/aromatic N) is 3. The molecule has 3 N–H and O–H groups in total. The molecular weight excluding hydrogens is 210 g/mol. The van der Waals surface area contributed by atoms with Crippen LogP contribution in [-0.4, -0.2) is 20.4 Å². The second-order valence-corrected chi connectivity index (χ2v) is 4.08. The number of hydrogen-bond acceptors (Lipinski definition) is 6. The molecule has 88 valence electrons. The third-order valence-electron chi connectivity index (χ3n) is 2.37. The van der Waals surface area contributed by atoms with Gasteiger partial charge in [0.05, 0.1) is 4.92 Å². The summed E-state index contributed by atoms with van der Waals surface area (Å²) in [5.41, 5.74) is 4.89. The first-order valence-corrected chi connectivity index (χ1v) is 4.90. The van der Waals surface area contributed by atoms with Gasteiger partial charge in [-0.25, -0.2) is 9.97 Å². The van der Waals surface area contributed by atoms with Gasteiger partial charge in [0, 0.05) is 5.54 Å². The van der Waals surface area contributed by atoms with Crippen molar-refractivity contribution >= 4 is 17.3 Å². The summed E-state index contributed by atoms with van der Waals surface area (Å²) in [4.78, 5) is 17.7. The van der Waals surface area contributed by atoms with Gasteiger partial charge in [-0.2, -0.15) is 0 Å². The molecule has 0 radical (unpaired) electrons. The number of nitrogens with one attached hydrogen (secondary N) is 1. The fraction of sp³-hybridized carbons (Fsp3) is 0.556. The number of rotatable bonds is 4. The predicted octanol–water partition coefficient (Wildman–Crippen LogP) is 1.57. The van der Waals surface area contributed by atoms with Crippen LogP contribution in [0.2, 0.25) is 0 Å². The van der Waals surface area contributed by atoms with Crippen molar-refractivity contribution in [2.75, 3.05) is 11.1 Å². The smallest absolute Gasteiger partial charge is 0.353 e. The van der Waals surface area contributed by atoms with E-state index in [9.17, 15) is 10.1 Å². The molecule has 0 saturated heterocycles. The second-order valence-electron chi connectivity index (χ2n) is 4.08. The average Bonchev–Trinajstić information content (AvgIpc) is 2.16. The van der Waals surface area contributed by atoms with Crippen molar-refractivity contribution in [1.82, 2.24) is 9.97 Å². The van der Waals surface area contributed by atoms with Crippen LogP contribution in [0.1, 0.15) is 27.2 Å². The Morgan fingerprint density at radius 2 is 2.19 bits per heavy atom. The van der Waals surface area contributed by atoms with E-state index >= 15 is 0 Å². The van der Waals surface area contributed by atoms with E-state index in [1.807, 2.05) is 20.8 Å². The molecule has 0 saturated carbocycles. The maximum atomic E-state index is 10.8. The zero-order valence-electron chi connectivity index (χ0n) is 9.52. The van der Waals surface area contributed by atoms with Crippen LogP contribution in [0.4, 0.5) is 17.3 Å². The van der Waals surface area contributed by atoms with Crippen LogP contribution in [0.25, 0.3) is 0 Å². The number of aromatic nitrogens is 2. The molecule has 0 unspecified atom stereocenters. The summed E-state index contributed by atoms with van der Waals surface area (Å²) in [5, 5.41) is 13.8. The van der Waals surface area contributed by atoms with Crippen molar-refractivity contribution < 1.29 is 4.92 Å². The number of hydrogen-bond donors (Lipinski definition) is 2. The minimum Gasteiger partial charge on any atom is -0.378 e. The van der Waals surface area contributed by atoms with Gasteiger partial charge in [0.25, 0.3) is 0 Å². The molecule has 0 aliphatic heterocycles. The third-order valence-corrected chi connectivity index (χ3v) is 2.37. The first-order valence-electron chi connectivity index (χ1n) is 4.90. The summed E-state index contributed by atoms with van der Waals surface area (Å²) < 4.78 is 0. The van der Waals surface area contributed by atoms with E-state index in [0.717, 1.165) is 6.42 Å². The van der Waals surface area contributed by atoms with Gasteiger partial charge in [-0.1, -0.05) is 6.92 Å². The second kappa shape index (κ2) is 4.30. The summed E-state index contributed by atoms with van der Waals surface area (Å²) in [6, 6.07) is 0. The van der Waals surface area contributed by atoms with Crippen LogP contribution in [0.5, 0.6) is 0 Å². The summed E-state index contributed by atoms with van der Waals surface area (Å²) in [6.07, 6.45) is 2.00. The highest BCUT2D eigenvalue weighted by Gasteiger charge is 2.25. The Bertz CT molecular complexity index is 405. The molecule has 0 aliphatic rings. The zero-order chi connectivity index (χ0) is 12.3. The molecule has 1 heterocycles. The molecule has 1 aromatic rings. The summed E-state index contributed by atoms with van der Waals surface area (Å²) in [7, 11) is 0. The Morgan fingerprint density at radius 3 is 2.69 bits per heavy atom. The number of nitrogens with two attached hydrogens (primary N) is 1. The van der Waals surface area contributed by atoms with E-state index in [-0.39, 0.29) is 22.9 Å². The topological polar surface area (TPSA) is 107 Å². The number of anilines is 2. The highest BCUT2D eigenvalue weighted by Crippen LogP contribution is 2.29. The van der Waals surface area contributed by atoms with Crippen LogP contribution >= 0.6 is 0 Å². The fourth-order valence-electron chi connectivity index (χ4n) is 1.07. The molecule has 16 heavy (non-hydrogen) atoms. The van der Waals surface area contributed by atoms with Crippen LogP contribution < -0.4 is 11.1 Å². The Morgan fingerprint density at radius 1 is 1.56 bits per heavy atom. The average molecular weight is 225 g/mol. The highest BCUT2D eigenvalue weighted by molar-refractivity contribution is 5.67. The number of nitro groups is 1. The Labute approximate surface area is 93.2 Å². The molecule has 7 heteroatoms. The molecule has 1 aromatic heterocycles. The standard InChI is InChI=1S/C9H15N5O2/c1-4-9(2,3)13-8-6(14(15)16)7(10)11-5-12-8/h5H,4H2,1-3H3,(H3,10,11,12,13). The molecule has 0 bridgehead atoms. The lowest BCUT2D eigenvalue weighted by Crippen LogP contribution is -2.30.